The number of hydrogen-bond acceptors (Lipinski definition) is 1. The molecule has 13 heavy (non-hydrogen) atoms. The van der Waals surface area contributed by atoms with Crippen LogP contribution in [0.4, 0.5) is 5.69 Å². The van der Waals surface area contributed by atoms with Crippen LogP contribution in [0.1, 0.15) is 38.2 Å². The summed E-state index contributed by atoms with van der Waals surface area (Å²) >= 11 is 0. The van der Waals surface area contributed by atoms with Crippen molar-refractivity contribution in [3.63, 3.8) is 0 Å². The zero-order chi connectivity index (χ0) is 9.26. The molecule has 70 valence electrons. The van der Waals surface area contributed by atoms with Crippen LogP contribution < -0.4 is 5.32 Å². The van der Waals surface area contributed by atoms with Gasteiger partial charge in [-0.2, -0.15) is 0 Å². The van der Waals surface area contributed by atoms with Crippen LogP contribution in [0.15, 0.2) is 24.3 Å². The number of anilines is 1. The SMILES string of the molecule is CC(C)c1cccc(NC2CC2)c1. The molecule has 1 aromatic carbocycles. The molecule has 1 aromatic rings. The molecule has 0 aliphatic heterocycles. The average molecular weight is 175 g/mol. The molecule has 1 aliphatic carbocycles. The third kappa shape index (κ3) is 2.24. The van der Waals surface area contributed by atoms with Crippen LogP contribution in [-0.4, -0.2) is 6.04 Å². The lowest BCUT2D eigenvalue weighted by atomic mass is 10.0. The van der Waals surface area contributed by atoms with E-state index < -0.39 is 0 Å². The molecule has 1 heteroatoms. The van der Waals surface area contributed by atoms with E-state index in [1.54, 1.807) is 0 Å². The lowest BCUT2D eigenvalue weighted by molar-refractivity contribution is 0.866. The first-order valence-corrected chi connectivity index (χ1v) is 5.12. The van der Waals surface area contributed by atoms with Crippen LogP contribution in [0.25, 0.3) is 0 Å². The maximum Gasteiger partial charge on any atom is 0.0345 e. The Labute approximate surface area is 80.2 Å². The average Bonchev–Trinajstić information content (AvgIpc) is 2.89. The Hall–Kier alpha value is -0.980. The second kappa shape index (κ2) is 3.41. The van der Waals surface area contributed by atoms with Crippen molar-refractivity contribution in [1.29, 1.82) is 0 Å². The van der Waals surface area contributed by atoms with E-state index in [0.29, 0.717) is 5.92 Å². The maximum absolute atomic E-state index is 3.51. The van der Waals surface area contributed by atoms with Crippen molar-refractivity contribution in [3.8, 4) is 0 Å². The second-order valence-corrected chi connectivity index (χ2v) is 4.20. The standard InChI is InChI=1S/C12H17N/c1-9(2)10-4-3-5-12(8-10)13-11-6-7-11/h3-5,8-9,11,13H,6-7H2,1-2H3. The van der Waals surface area contributed by atoms with E-state index in [2.05, 4.69) is 43.4 Å². The van der Waals surface area contributed by atoms with Crippen LogP contribution in [0, 0.1) is 0 Å². The monoisotopic (exact) mass is 175 g/mol. The zero-order valence-corrected chi connectivity index (χ0v) is 8.38. The molecule has 2 rings (SSSR count). The summed E-state index contributed by atoms with van der Waals surface area (Å²) in [5.74, 6) is 0.626. The van der Waals surface area contributed by atoms with Crippen LogP contribution in [-0.2, 0) is 0 Å². The predicted molar refractivity (Wildman–Crippen MR) is 57.2 cm³/mol. The van der Waals surface area contributed by atoms with Gasteiger partial charge in [-0.3, -0.25) is 0 Å². The number of nitrogens with one attached hydrogen (secondary N) is 1. The lowest BCUT2D eigenvalue weighted by Crippen LogP contribution is -2.01. The van der Waals surface area contributed by atoms with Crippen LogP contribution >= 0.6 is 0 Å². The van der Waals surface area contributed by atoms with Crippen molar-refractivity contribution in [1.82, 2.24) is 0 Å². The van der Waals surface area contributed by atoms with Gasteiger partial charge in [0.25, 0.3) is 0 Å². The van der Waals surface area contributed by atoms with Gasteiger partial charge in [0.05, 0.1) is 0 Å². The minimum atomic E-state index is 0.626. The molecule has 0 bridgehead atoms. The van der Waals surface area contributed by atoms with Crippen molar-refractivity contribution < 1.29 is 0 Å². The van der Waals surface area contributed by atoms with Crippen molar-refractivity contribution in [2.75, 3.05) is 5.32 Å². The second-order valence-electron chi connectivity index (χ2n) is 4.20. The molecular weight excluding hydrogens is 158 g/mol. The van der Waals surface area contributed by atoms with Gasteiger partial charge in [0, 0.05) is 11.7 Å². The molecule has 1 N–H and O–H groups in total. The summed E-state index contributed by atoms with van der Waals surface area (Å²) in [5, 5.41) is 3.51. The smallest absolute Gasteiger partial charge is 0.0345 e. The Morgan fingerprint density at radius 1 is 1.31 bits per heavy atom. The van der Waals surface area contributed by atoms with Gasteiger partial charge >= 0.3 is 0 Å². The van der Waals surface area contributed by atoms with Gasteiger partial charge in [0.15, 0.2) is 0 Å². The molecule has 0 amide bonds. The highest BCUT2D eigenvalue weighted by Crippen LogP contribution is 2.26. The third-order valence-corrected chi connectivity index (χ3v) is 2.50. The highest BCUT2D eigenvalue weighted by Gasteiger charge is 2.20. The van der Waals surface area contributed by atoms with Gasteiger partial charge in [-0.15, -0.1) is 0 Å². The molecule has 0 spiro atoms. The number of hydrogen-bond donors (Lipinski definition) is 1. The van der Waals surface area contributed by atoms with E-state index in [0.717, 1.165) is 6.04 Å². The van der Waals surface area contributed by atoms with Gasteiger partial charge in [0.2, 0.25) is 0 Å². The topological polar surface area (TPSA) is 12.0 Å². The Balaban J connectivity index is 2.11. The van der Waals surface area contributed by atoms with Crippen molar-refractivity contribution in [3.05, 3.63) is 29.8 Å². The predicted octanol–water partition coefficient (Wildman–Crippen LogP) is 3.38. The first-order chi connectivity index (χ1) is 6.25. The minimum absolute atomic E-state index is 0.626. The van der Waals surface area contributed by atoms with Crippen LogP contribution in [0.3, 0.4) is 0 Å². The lowest BCUT2D eigenvalue weighted by Gasteiger charge is -2.09. The van der Waals surface area contributed by atoms with Crippen LogP contribution in [0.2, 0.25) is 0 Å². The summed E-state index contributed by atoms with van der Waals surface area (Å²) in [7, 11) is 0. The van der Waals surface area contributed by atoms with Crippen molar-refractivity contribution >= 4 is 5.69 Å². The number of benzene rings is 1. The normalized spacial score (nSPS) is 16.2. The van der Waals surface area contributed by atoms with E-state index >= 15 is 0 Å². The fourth-order valence-electron chi connectivity index (χ4n) is 1.45. The molecule has 1 fully saturated rings. The van der Waals surface area contributed by atoms with E-state index in [-0.39, 0.29) is 0 Å². The summed E-state index contributed by atoms with van der Waals surface area (Å²) in [6.45, 7) is 4.46. The molecule has 1 aliphatic rings. The Kier molecular flexibility index (Phi) is 2.26. The zero-order valence-electron chi connectivity index (χ0n) is 8.38. The third-order valence-electron chi connectivity index (χ3n) is 2.50. The van der Waals surface area contributed by atoms with E-state index in [1.165, 1.54) is 24.1 Å². The van der Waals surface area contributed by atoms with Crippen molar-refractivity contribution in [2.45, 2.75) is 38.6 Å². The Morgan fingerprint density at radius 3 is 2.69 bits per heavy atom. The van der Waals surface area contributed by atoms with Crippen molar-refractivity contribution in [2.24, 2.45) is 0 Å². The quantitative estimate of drug-likeness (QED) is 0.742. The van der Waals surface area contributed by atoms with Gasteiger partial charge in [0.1, 0.15) is 0 Å². The first-order valence-electron chi connectivity index (χ1n) is 5.12. The Morgan fingerprint density at radius 2 is 2.08 bits per heavy atom. The molecule has 1 saturated carbocycles. The maximum atomic E-state index is 3.51. The summed E-state index contributed by atoms with van der Waals surface area (Å²) < 4.78 is 0. The molecule has 0 aromatic heterocycles. The van der Waals surface area contributed by atoms with Gasteiger partial charge in [-0.1, -0.05) is 26.0 Å². The first kappa shape index (κ1) is 8.61. The van der Waals surface area contributed by atoms with Crippen LogP contribution in [0.5, 0.6) is 0 Å². The minimum Gasteiger partial charge on any atom is -0.382 e. The molecule has 0 heterocycles. The highest BCUT2D eigenvalue weighted by molar-refractivity contribution is 5.48. The fourth-order valence-corrected chi connectivity index (χ4v) is 1.45. The largest absolute Gasteiger partial charge is 0.382 e. The number of rotatable bonds is 3. The fraction of sp³-hybridized carbons (Fsp3) is 0.500. The molecule has 1 nitrogen and oxygen atoms in total. The van der Waals surface area contributed by atoms with Gasteiger partial charge < -0.3 is 5.32 Å². The van der Waals surface area contributed by atoms with E-state index in [1.807, 2.05) is 0 Å². The summed E-state index contributed by atoms with van der Waals surface area (Å²) in [4.78, 5) is 0. The highest BCUT2D eigenvalue weighted by atomic mass is 14.9. The molecular formula is C12H17N. The van der Waals surface area contributed by atoms with E-state index in [4.69, 9.17) is 0 Å². The summed E-state index contributed by atoms with van der Waals surface area (Å²) in [6, 6.07) is 9.51. The molecule has 0 saturated heterocycles. The molecule has 0 unspecified atom stereocenters. The summed E-state index contributed by atoms with van der Waals surface area (Å²) in [5.41, 5.74) is 2.71. The van der Waals surface area contributed by atoms with Gasteiger partial charge in [-0.25, -0.2) is 0 Å². The molecule has 0 radical (unpaired) electrons. The van der Waals surface area contributed by atoms with Gasteiger partial charge in [-0.05, 0) is 36.5 Å². The molecule has 0 atom stereocenters. The summed E-state index contributed by atoms with van der Waals surface area (Å²) in [6.07, 6.45) is 2.68. The Bertz CT molecular complexity index is 287. The van der Waals surface area contributed by atoms with E-state index in [9.17, 15) is 0 Å².